The maximum atomic E-state index is 12.2. The van der Waals surface area contributed by atoms with Crippen LogP contribution >= 0.6 is 11.3 Å². The number of piperidine rings is 1. The second-order valence-corrected chi connectivity index (χ2v) is 7.24. The van der Waals surface area contributed by atoms with Crippen molar-refractivity contribution in [3.05, 3.63) is 16.1 Å². The topological polar surface area (TPSA) is 54.0 Å². The zero-order valence-electron chi connectivity index (χ0n) is 13.3. The minimum Gasteiger partial charge on any atom is -0.347 e. The van der Waals surface area contributed by atoms with Gasteiger partial charge >= 0.3 is 0 Å². The van der Waals surface area contributed by atoms with Crippen LogP contribution in [0.2, 0.25) is 0 Å². The molecule has 1 aliphatic heterocycles. The highest BCUT2D eigenvalue weighted by Gasteiger charge is 2.23. The highest BCUT2D eigenvalue weighted by molar-refractivity contribution is 7.11. The predicted molar refractivity (Wildman–Crippen MR) is 87.4 cm³/mol. The molecule has 2 rings (SSSR count). The summed E-state index contributed by atoms with van der Waals surface area (Å²) in [6, 6.07) is 0.0134. The van der Waals surface area contributed by atoms with E-state index in [1.807, 2.05) is 13.1 Å². The van der Waals surface area contributed by atoms with Crippen molar-refractivity contribution in [2.24, 2.45) is 11.8 Å². The third-order valence-electron chi connectivity index (χ3n) is 4.31. The molecule has 1 amide bonds. The van der Waals surface area contributed by atoms with E-state index >= 15 is 0 Å². The first-order chi connectivity index (χ1) is 10.1. The lowest BCUT2D eigenvalue weighted by molar-refractivity contribution is -0.123. The monoisotopic (exact) mass is 309 g/mol. The minimum atomic E-state index is 0.0134. The second kappa shape index (κ2) is 7.90. The fraction of sp³-hybridized carbons (Fsp3) is 0.750. The first kappa shape index (κ1) is 16.4. The predicted octanol–water partition coefficient (Wildman–Crippen LogP) is 2.91. The summed E-state index contributed by atoms with van der Waals surface area (Å²) in [5.74, 6) is 1.22. The minimum absolute atomic E-state index is 0.0134. The van der Waals surface area contributed by atoms with Crippen molar-refractivity contribution in [1.82, 2.24) is 15.6 Å². The second-order valence-electron chi connectivity index (χ2n) is 6.10. The Balaban J connectivity index is 1.80. The van der Waals surface area contributed by atoms with E-state index in [0.29, 0.717) is 18.3 Å². The highest BCUT2D eigenvalue weighted by atomic mass is 32.1. The summed E-state index contributed by atoms with van der Waals surface area (Å²) >= 11 is 1.69. The quantitative estimate of drug-likeness (QED) is 0.849. The van der Waals surface area contributed by atoms with Crippen LogP contribution in [0, 0.1) is 11.8 Å². The van der Waals surface area contributed by atoms with Crippen LogP contribution in [0.25, 0.3) is 0 Å². The van der Waals surface area contributed by atoms with Gasteiger partial charge in [0.05, 0.1) is 6.04 Å². The van der Waals surface area contributed by atoms with Crippen molar-refractivity contribution in [2.75, 3.05) is 13.1 Å². The largest absolute Gasteiger partial charge is 0.347 e. The van der Waals surface area contributed by atoms with Gasteiger partial charge in [-0.15, -0.1) is 11.3 Å². The van der Waals surface area contributed by atoms with Gasteiger partial charge < -0.3 is 10.6 Å². The van der Waals surface area contributed by atoms with Crippen LogP contribution in [0.1, 0.15) is 56.0 Å². The summed E-state index contributed by atoms with van der Waals surface area (Å²) in [5, 5.41) is 7.52. The molecule has 21 heavy (non-hydrogen) atoms. The van der Waals surface area contributed by atoms with Crippen molar-refractivity contribution < 1.29 is 4.79 Å². The summed E-state index contributed by atoms with van der Waals surface area (Å²) in [5.41, 5.74) is 0. The van der Waals surface area contributed by atoms with Crippen LogP contribution in [-0.4, -0.2) is 24.0 Å². The molecule has 118 valence electrons. The normalized spacial score (nSPS) is 21.8. The molecule has 0 aromatic carbocycles. The Kier molecular flexibility index (Phi) is 6.18. The van der Waals surface area contributed by atoms with Gasteiger partial charge in [0.25, 0.3) is 0 Å². The van der Waals surface area contributed by atoms with Crippen LogP contribution < -0.4 is 10.6 Å². The Bertz CT molecular complexity index is 454. The van der Waals surface area contributed by atoms with Crippen LogP contribution in [0.3, 0.4) is 0 Å². The number of nitrogens with zero attached hydrogens (tertiary/aromatic N) is 1. The molecule has 1 aliphatic rings. The van der Waals surface area contributed by atoms with E-state index in [1.165, 1.54) is 17.7 Å². The number of hydrogen-bond acceptors (Lipinski definition) is 4. The molecule has 0 radical (unpaired) electrons. The van der Waals surface area contributed by atoms with Gasteiger partial charge in [-0.2, -0.15) is 0 Å². The molecule has 0 saturated carbocycles. The zero-order chi connectivity index (χ0) is 15.2. The molecule has 1 saturated heterocycles. The van der Waals surface area contributed by atoms with Crippen molar-refractivity contribution in [3.63, 3.8) is 0 Å². The zero-order valence-corrected chi connectivity index (χ0v) is 14.1. The van der Waals surface area contributed by atoms with E-state index in [4.69, 9.17) is 0 Å². The van der Waals surface area contributed by atoms with Gasteiger partial charge in [-0.25, -0.2) is 4.98 Å². The average molecular weight is 309 g/mol. The van der Waals surface area contributed by atoms with Gasteiger partial charge in [0.2, 0.25) is 5.91 Å². The Morgan fingerprint density at radius 1 is 1.57 bits per heavy atom. The summed E-state index contributed by atoms with van der Waals surface area (Å²) in [7, 11) is 0. The third kappa shape index (κ3) is 4.78. The maximum Gasteiger partial charge on any atom is 0.220 e. The molecular weight excluding hydrogens is 282 g/mol. The Hall–Kier alpha value is -0.940. The number of nitrogens with one attached hydrogen (secondary N) is 2. The summed E-state index contributed by atoms with van der Waals surface area (Å²) in [4.78, 5) is 17.9. The summed E-state index contributed by atoms with van der Waals surface area (Å²) in [6.45, 7) is 8.51. The Labute approximate surface area is 131 Å². The van der Waals surface area contributed by atoms with E-state index in [2.05, 4.69) is 29.5 Å². The molecule has 0 bridgehead atoms. The highest BCUT2D eigenvalue weighted by Crippen LogP contribution is 2.24. The lowest BCUT2D eigenvalue weighted by Crippen LogP contribution is -2.36. The molecule has 0 spiro atoms. The van der Waals surface area contributed by atoms with Crippen molar-refractivity contribution >= 4 is 17.2 Å². The van der Waals surface area contributed by atoms with Gasteiger partial charge in [-0.1, -0.05) is 13.8 Å². The fourth-order valence-corrected chi connectivity index (χ4v) is 3.73. The fourth-order valence-electron chi connectivity index (χ4n) is 2.87. The maximum absolute atomic E-state index is 12.2. The number of aromatic nitrogens is 1. The van der Waals surface area contributed by atoms with E-state index in [1.54, 1.807) is 11.3 Å². The Morgan fingerprint density at radius 2 is 2.38 bits per heavy atom. The van der Waals surface area contributed by atoms with E-state index in [9.17, 15) is 4.79 Å². The molecule has 1 aromatic heterocycles. The molecule has 2 heterocycles. The van der Waals surface area contributed by atoms with Crippen LogP contribution in [0.4, 0.5) is 0 Å². The van der Waals surface area contributed by atoms with Gasteiger partial charge in [-0.05, 0) is 51.1 Å². The first-order valence-corrected chi connectivity index (χ1v) is 8.86. The van der Waals surface area contributed by atoms with E-state index in [0.717, 1.165) is 24.5 Å². The standard InChI is InChI=1S/C16H27N3OS/c1-4-14-10-18-16(21-14)12(3)19-15(20)8-11(2)13-6-5-7-17-9-13/h10-13,17H,4-9H2,1-3H3,(H,19,20). The molecule has 1 fully saturated rings. The van der Waals surface area contributed by atoms with Crippen LogP contribution in [-0.2, 0) is 11.2 Å². The SMILES string of the molecule is CCc1cnc(C(C)NC(=O)CC(C)C2CCCNC2)s1. The van der Waals surface area contributed by atoms with Crippen LogP contribution in [0.15, 0.2) is 6.20 Å². The lowest BCUT2D eigenvalue weighted by Gasteiger charge is -2.28. The summed E-state index contributed by atoms with van der Waals surface area (Å²) < 4.78 is 0. The Morgan fingerprint density at radius 3 is 3.00 bits per heavy atom. The number of thiazole rings is 1. The van der Waals surface area contributed by atoms with E-state index in [-0.39, 0.29) is 11.9 Å². The van der Waals surface area contributed by atoms with Crippen molar-refractivity contribution in [2.45, 2.75) is 52.5 Å². The third-order valence-corrected chi connectivity index (χ3v) is 5.64. The number of hydrogen-bond donors (Lipinski definition) is 2. The van der Waals surface area contributed by atoms with Crippen LogP contribution in [0.5, 0.6) is 0 Å². The lowest BCUT2D eigenvalue weighted by atomic mass is 9.85. The molecule has 2 N–H and O–H groups in total. The number of rotatable bonds is 6. The van der Waals surface area contributed by atoms with Gasteiger partial charge in [0.15, 0.2) is 0 Å². The molecule has 3 unspecified atom stereocenters. The molecular formula is C16H27N3OS. The van der Waals surface area contributed by atoms with Crippen molar-refractivity contribution in [3.8, 4) is 0 Å². The van der Waals surface area contributed by atoms with Gasteiger partial charge in [0.1, 0.15) is 5.01 Å². The molecule has 3 atom stereocenters. The first-order valence-electron chi connectivity index (χ1n) is 8.04. The van der Waals surface area contributed by atoms with Gasteiger partial charge in [-0.3, -0.25) is 4.79 Å². The molecule has 5 heteroatoms. The molecule has 1 aromatic rings. The number of carbonyl (C=O) groups is 1. The van der Waals surface area contributed by atoms with E-state index < -0.39 is 0 Å². The molecule has 0 aliphatic carbocycles. The molecule has 4 nitrogen and oxygen atoms in total. The number of carbonyl (C=O) groups excluding carboxylic acids is 1. The average Bonchev–Trinajstić information content (AvgIpc) is 2.97. The van der Waals surface area contributed by atoms with Crippen molar-refractivity contribution in [1.29, 1.82) is 0 Å². The number of aryl methyl sites for hydroxylation is 1. The van der Waals surface area contributed by atoms with Gasteiger partial charge in [0, 0.05) is 17.5 Å². The smallest absolute Gasteiger partial charge is 0.220 e. The number of amides is 1. The summed E-state index contributed by atoms with van der Waals surface area (Å²) in [6.07, 6.45) is 6.00.